The molecule has 0 spiro atoms. The Labute approximate surface area is 185 Å². The summed E-state index contributed by atoms with van der Waals surface area (Å²) in [4.78, 5) is 41.5. The first-order valence-electron chi connectivity index (χ1n) is 10.5. The second kappa shape index (κ2) is 9.01. The molecule has 3 aromatic rings. The second-order valence-electron chi connectivity index (χ2n) is 7.78. The predicted octanol–water partition coefficient (Wildman–Crippen LogP) is 3.73. The minimum atomic E-state index is -0.718. The molecule has 0 saturated carbocycles. The van der Waals surface area contributed by atoms with Crippen LogP contribution in [-0.2, 0) is 4.79 Å². The summed E-state index contributed by atoms with van der Waals surface area (Å²) in [7, 11) is 0. The molecule has 4 rings (SSSR count). The average molecular weight is 441 g/mol. The van der Waals surface area contributed by atoms with Gasteiger partial charge in [0.25, 0.3) is 5.56 Å². The zero-order chi connectivity index (χ0) is 22.0. The maximum Gasteiger partial charge on any atom is 0.265 e. The molecule has 1 unspecified atom stereocenters. The van der Waals surface area contributed by atoms with Crippen molar-refractivity contribution in [1.82, 2.24) is 19.5 Å². The molecule has 31 heavy (non-hydrogen) atoms. The maximum absolute atomic E-state index is 13.1. The zero-order valence-corrected chi connectivity index (χ0v) is 18.4. The highest BCUT2D eigenvalue weighted by molar-refractivity contribution is 6.31. The molecule has 1 fully saturated rings. The number of hydrogen-bond acceptors (Lipinski definition) is 6. The van der Waals surface area contributed by atoms with E-state index in [0.717, 1.165) is 31.5 Å². The van der Waals surface area contributed by atoms with Gasteiger partial charge in [-0.05, 0) is 50.3 Å². The first kappa shape index (κ1) is 21.2. The van der Waals surface area contributed by atoms with Crippen LogP contribution >= 0.6 is 11.6 Å². The number of benzene rings is 1. The monoisotopic (exact) mass is 440 g/mol. The third kappa shape index (κ3) is 4.39. The van der Waals surface area contributed by atoms with Gasteiger partial charge in [-0.3, -0.25) is 14.2 Å². The van der Waals surface area contributed by atoms with E-state index in [0.29, 0.717) is 34.1 Å². The molecular weight excluding hydrogens is 416 g/mol. The third-order valence-electron chi connectivity index (χ3n) is 5.65. The molecule has 1 aliphatic heterocycles. The lowest BCUT2D eigenvalue weighted by atomic mass is 10.1. The summed E-state index contributed by atoms with van der Waals surface area (Å²) in [5, 5.41) is 3.71. The number of piperidine rings is 1. The number of rotatable bonds is 5. The van der Waals surface area contributed by atoms with Crippen LogP contribution in [-0.4, -0.2) is 38.5 Å². The van der Waals surface area contributed by atoms with Crippen LogP contribution in [0.3, 0.4) is 0 Å². The lowest BCUT2D eigenvalue weighted by Gasteiger charge is -2.26. The molecule has 8 nitrogen and oxygen atoms in total. The lowest BCUT2D eigenvalue weighted by molar-refractivity contribution is -0.119. The molecule has 1 aromatic carbocycles. The van der Waals surface area contributed by atoms with Crippen molar-refractivity contribution in [3.8, 4) is 0 Å². The van der Waals surface area contributed by atoms with E-state index in [4.69, 9.17) is 11.6 Å². The molecule has 1 amide bonds. The molecule has 9 heteroatoms. The molecule has 1 aliphatic rings. The van der Waals surface area contributed by atoms with Crippen LogP contribution in [0.5, 0.6) is 0 Å². The van der Waals surface area contributed by atoms with Crippen LogP contribution in [0, 0.1) is 6.92 Å². The number of halogens is 1. The van der Waals surface area contributed by atoms with E-state index in [1.165, 1.54) is 23.5 Å². The summed E-state index contributed by atoms with van der Waals surface area (Å²) in [6, 6.07) is 4.57. The van der Waals surface area contributed by atoms with Crippen molar-refractivity contribution in [2.45, 2.75) is 45.6 Å². The van der Waals surface area contributed by atoms with Crippen molar-refractivity contribution in [3.63, 3.8) is 0 Å². The van der Waals surface area contributed by atoms with Gasteiger partial charge in [0.05, 0.1) is 0 Å². The quantitative estimate of drug-likeness (QED) is 0.649. The van der Waals surface area contributed by atoms with Gasteiger partial charge in [0, 0.05) is 30.0 Å². The van der Waals surface area contributed by atoms with Gasteiger partial charge in [-0.2, -0.15) is 4.98 Å². The standard InChI is InChI=1S/C22H25ClN6O2/c1-3-18(20(30)26-17-11-15(23)8-7-14(17)2)29-13-25-19-16(21(29)31)12-24-22(27-19)28-9-5-4-6-10-28/h7-8,11-13,18H,3-6,9-10H2,1-2H3,(H,26,30). The van der Waals surface area contributed by atoms with E-state index in [9.17, 15) is 9.59 Å². The first-order chi connectivity index (χ1) is 15.0. The topological polar surface area (TPSA) is 93.0 Å². The van der Waals surface area contributed by atoms with Crippen molar-refractivity contribution >= 4 is 40.2 Å². The lowest BCUT2D eigenvalue weighted by Crippen LogP contribution is -2.34. The number of nitrogens with zero attached hydrogens (tertiary/aromatic N) is 5. The van der Waals surface area contributed by atoms with Crippen LogP contribution in [0.2, 0.25) is 5.02 Å². The number of aromatic nitrogens is 4. The van der Waals surface area contributed by atoms with E-state index in [1.54, 1.807) is 12.1 Å². The van der Waals surface area contributed by atoms with E-state index in [1.807, 2.05) is 19.9 Å². The molecule has 1 N–H and O–H groups in total. The number of anilines is 2. The fraction of sp³-hybridized carbons (Fsp3) is 0.409. The van der Waals surface area contributed by atoms with Crippen molar-refractivity contribution in [1.29, 1.82) is 0 Å². The molecule has 0 aliphatic carbocycles. The largest absolute Gasteiger partial charge is 0.341 e. The van der Waals surface area contributed by atoms with Gasteiger partial charge >= 0.3 is 0 Å². The molecular formula is C22H25ClN6O2. The number of nitrogens with one attached hydrogen (secondary N) is 1. The van der Waals surface area contributed by atoms with Crippen LogP contribution in [0.15, 0.2) is 35.5 Å². The minimum absolute atomic E-state index is 0.299. The Morgan fingerprint density at radius 3 is 2.74 bits per heavy atom. The minimum Gasteiger partial charge on any atom is -0.341 e. The summed E-state index contributed by atoms with van der Waals surface area (Å²) >= 11 is 6.06. The van der Waals surface area contributed by atoms with Gasteiger partial charge < -0.3 is 10.2 Å². The fourth-order valence-corrected chi connectivity index (χ4v) is 4.02. The summed E-state index contributed by atoms with van der Waals surface area (Å²) in [6.45, 7) is 5.54. The van der Waals surface area contributed by atoms with Crippen LogP contribution in [0.1, 0.15) is 44.2 Å². The number of carbonyl (C=O) groups is 1. The summed E-state index contributed by atoms with van der Waals surface area (Å²) in [5.41, 5.74) is 1.51. The van der Waals surface area contributed by atoms with Gasteiger partial charge in [-0.1, -0.05) is 24.6 Å². The highest BCUT2D eigenvalue weighted by Gasteiger charge is 2.23. The highest BCUT2D eigenvalue weighted by atomic mass is 35.5. The average Bonchev–Trinajstić information content (AvgIpc) is 2.78. The maximum atomic E-state index is 13.1. The number of fused-ring (bicyclic) bond motifs is 1. The predicted molar refractivity (Wildman–Crippen MR) is 122 cm³/mol. The second-order valence-corrected chi connectivity index (χ2v) is 8.22. The van der Waals surface area contributed by atoms with Crippen LogP contribution in [0.25, 0.3) is 11.0 Å². The molecule has 3 heterocycles. The molecule has 0 radical (unpaired) electrons. The van der Waals surface area contributed by atoms with E-state index in [2.05, 4.69) is 25.2 Å². The number of hydrogen-bond donors (Lipinski definition) is 1. The highest BCUT2D eigenvalue weighted by Crippen LogP contribution is 2.22. The van der Waals surface area contributed by atoms with Crippen LogP contribution < -0.4 is 15.8 Å². The van der Waals surface area contributed by atoms with Crippen molar-refractivity contribution in [2.75, 3.05) is 23.3 Å². The SMILES string of the molecule is CCC(C(=O)Nc1cc(Cl)ccc1C)n1cnc2nc(N3CCCCC3)ncc2c1=O. The molecule has 162 valence electrons. The van der Waals surface area contributed by atoms with Crippen molar-refractivity contribution < 1.29 is 4.79 Å². The molecule has 0 bridgehead atoms. The Morgan fingerprint density at radius 1 is 1.23 bits per heavy atom. The number of aryl methyl sites for hydroxylation is 1. The molecule has 2 aromatic heterocycles. The van der Waals surface area contributed by atoms with Crippen molar-refractivity contribution in [3.05, 3.63) is 51.7 Å². The fourth-order valence-electron chi connectivity index (χ4n) is 3.84. The normalized spacial score (nSPS) is 15.1. The molecule has 1 saturated heterocycles. The Kier molecular flexibility index (Phi) is 6.18. The summed E-state index contributed by atoms with van der Waals surface area (Å²) < 4.78 is 1.35. The van der Waals surface area contributed by atoms with E-state index < -0.39 is 6.04 Å². The molecule has 1 atom stereocenters. The Hall–Kier alpha value is -3.00. The Morgan fingerprint density at radius 2 is 2.00 bits per heavy atom. The van der Waals surface area contributed by atoms with Crippen LogP contribution in [0.4, 0.5) is 11.6 Å². The summed E-state index contributed by atoms with van der Waals surface area (Å²) in [6.07, 6.45) is 6.76. The van der Waals surface area contributed by atoms with E-state index >= 15 is 0 Å². The van der Waals surface area contributed by atoms with Gasteiger partial charge in [-0.25, -0.2) is 9.97 Å². The Bertz CT molecular complexity index is 1170. The first-order valence-corrected chi connectivity index (χ1v) is 10.9. The van der Waals surface area contributed by atoms with Crippen molar-refractivity contribution in [2.24, 2.45) is 0 Å². The number of carbonyl (C=O) groups excluding carboxylic acids is 1. The van der Waals surface area contributed by atoms with Gasteiger partial charge in [0.2, 0.25) is 11.9 Å². The third-order valence-corrected chi connectivity index (χ3v) is 5.88. The number of amides is 1. The Balaban J connectivity index is 1.63. The van der Waals surface area contributed by atoms with Gasteiger partial charge in [0.15, 0.2) is 5.65 Å². The van der Waals surface area contributed by atoms with Gasteiger partial charge in [-0.15, -0.1) is 0 Å². The van der Waals surface area contributed by atoms with E-state index in [-0.39, 0.29) is 11.5 Å². The van der Waals surface area contributed by atoms with Gasteiger partial charge in [0.1, 0.15) is 17.8 Å². The smallest absolute Gasteiger partial charge is 0.265 e. The zero-order valence-electron chi connectivity index (χ0n) is 17.6. The summed E-state index contributed by atoms with van der Waals surface area (Å²) in [5.74, 6) is 0.292.